The van der Waals surface area contributed by atoms with Crippen LogP contribution in [0.4, 0.5) is 0 Å². The number of rotatable bonds is 4. The zero-order chi connectivity index (χ0) is 15.4. The molecule has 0 bridgehead atoms. The first-order chi connectivity index (χ1) is 10.7. The second kappa shape index (κ2) is 6.73. The number of nitrogens with zero attached hydrogens (tertiary/aromatic N) is 4. The fourth-order valence-electron chi connectivity index (χ4n) is 3.10. The number of likely N-dealkylation sites (tertiary alicyclic amines) is 1. The van der Waals surface area contributed by atoms with Crippen LogP contribution in [0.15, 0.2) is 36.9 Å². The van der Waals surface area contributed by atoms with E-state index in [2.05, 4.69) is 14.5 Å². The number of piperidine rings is 1. The Morgan fingerprint density at radius 2 is 2.32 bits per heavy atom. The molecule has 2 aromatic heterocycles. The summed E-state index contributed by atoms with van der Waals surface area (Å²) in [5, 5.41) is 0. The van der Waals surface area contributed by atoms with E-state index < -0.39 is 0 Å². The topological polar surface area (TPSA) is 51.0 Å². The number of aryl methyl sites for hydroxylation is 1. The van der Waals surface area contributed by atoms with Gasteiger partial charge in [-0.15, -0.1) is 0 Å². The summed E-state index contributed by atoms with van der Waals surface area (Å²) in [7, 11) is 0. The lowest BCUT2D eigenvalue weighted by atomic mass is 9.97. The Morgan fingerprint density at radius 3 is 3.05 bits per heavy atom. The largest absolute Gasteiger partial charge is 0.342 e. The third-order valence-electron chi connectivity index (χ3n) is 4.33. The minimum absolute atomic E-state index is 0.208. The third-order valence-corrected chi connectivity index (χ3v) is 4.33. The van der Waals surface area contributed by atoms with Crippen LogP contribution >= 0.6 is 0 Å². The monoisotopic (exact) mass is 298 g/mol. The highest BCUT2D eigenvalue weighted by Gasteiger charge is 2.24. The third kappa shape index (κ3) is 3.53. The van der Waals surface area contributed by atoms with E-state index in [-0.39, 0.29) is 5.91 Å². The lowest BCUT2D eigenvalue weighted by molar-refractivity contribution is -0.132. The normalized spacial score (nSPS) is 18.4. The lowest BCUT2D eigenvalue weighted by Crippen LogP contribution is -2.41. The number of hydrogen-bond donors (Lipinski definition) is 0. The number of imidazole rings is 1. The summed E-state index contributed by atoms with van der Waals surface area (Å²) in [5.74, 6) is 1.76. The zero-order valence-electron chi connectivity index (χ0n) is 13.0. The van der Waals surface area contributed by atoms with Gasteiger partial charge < -0.3 is 9.47 Å². The van der Waals surface area contributed by atoms with Crippen LogP contribution in [0.5, 0.6) is 0 Å². The fraction of sp³-hybridized carbons (Fsp3) is 0.471. The predicted octanol–water partition coefficient (Wildman–Crippen LogP) is 2.07. The quantitative estimate of drug-likeness (QED) is 0.868. The van der Waals surface area contributed by atoms with Gasteiger partial charge in [-0.1, -0.05) is 6.07 Å². The van der Waals surface area contributed by atoms with Gasteiger partial charge in [-0.05, 0) is 37.3 Å². The molecule has 0 radical (unpaired) electrons. The van der Waals surface area contributed by atoms with Crippen LogP contribution < -0.4 is 0 Å². The van der Waals surface area contributed by atoms with Gasteiger partial charge in [-0.2, -0.15) is 0 Å². The van der Waals surface area contributed by atoms with Crippen molar-refractivity contribution in [2.45, 2.75) is 32.7 Å². The maximum absolute atomic E-state index is 12.5. The van der Waals surface area contributed by atoms with Crippen LogP contribution in [0.1, 0.15) is 24.2 Å². The Morgan fingerprint density at radius 1 is 1.41 bits per heavy atom. The number of hydrogen-bond acceptors (Lipinski definition) is 3. The van der Waals surface area contributed by atoms with Gasteiger partial charge in [0.25, 0.3) is 0 Å². The first kappa shape index (κ1) is 14.8. The minimum atomic E-state index is 0.208. The predicted molar refractivity (Wildman–Crippen MR) is 84.2 cm³/mol. The molecule has 1 aliphatic heterocycles. The van der Waals surface area contributed by atoms with E-state index in [0.29, 0.717) is 12.3 Å². The van der Waals surface area contributed by atoms with Crippen LogP contribution in [0, 0.1) is 12.8 Å². The second-order valence-electron chi connectivity index (χ2n) is 6.01. The van der Waals surface area contributed by atoms with Gasteiger partial charge in [0.2, 0.25) is 5.91 Å². The fourth-order valence-corrected chi connectivity index (χ4v) is 3.10. The van der Waals surface area contributed by atoms with E-state index in [4.69, 9.17) is 0 Å². The van der Waals surface area contributed by atoms with Crippen molar-refractivity contribution in [3.8, 4) is 0 Å². The maximum atomic E-state index is 12.5. The van der Waals surface area contributed by atoms with Crippen molar-refractivity contribution in [2.24, 2.45) is 5.92 Å². The SMILES string of the molecule is Cc1nccn1CC1CCCN(C(=O)Cc2cccnc2)C1. The van der Waals surface area contributed by atoms with Crippen LogP contribution in [-0.2, 0) is 17.8 Å². The molecule has 1 amide bonds. The van der Waals surface area contributed by atoms with Gasteiger partial charge in [0.05, 0.1) is 6.42 Å². The van der Waals surface area contributed by atoms with E-state index in [1.807, 2.05) is 36.4 Å². The first-order valence-electron chi connectivity index (χ1n) is 7.87. The summed E-state index contributed by atoms with van der Waals surface area (Å²) in [6, 6.07) is 3.84. The van der Waals surface area contributed by atoms with E-state index in [0.717, 1.165) is 37.4 Å². The molecule has 22 heavy (non-hydrogen) atoms. The molecule has 3 heterocycles. The van der Waals surface area contributed by atoms with E-state index in [1.165, 1.54) is 6.42 Å². The van der Waals surface area contributed by atoms with Crippen LogP contribution in [0.3, 0.4) is 0 Å². The summed E-state index contributed by atoms with van der Waals surface area (Å²) in [6.07, 6.45) is 10.1. The molecular weight excluding hydrogens is 276 g/mol. The van der Waals surface area contributed by atoms with Crippen molar-refractivity contribution >= 4 is 5.91 Å². The molecule has 1 atom stereocenters. The Balaban J connectivity index is 1.58. The lowest BCUT2D eigenvalue weighted by Gasteiger charge is -2.33. The average molecular weight is 298 g/mol. The number of aromatic nitrogens is 3. The summed E-state index contributed by atoms with van der Waals surface area (Å²) in [4.78, 5) is 22.8. The molecule has 116 valence electrons. The molecule has 1 aliphatic rings. The number of amides is 1. The number of carbonyl (C=O) groups excluding carboxylic acids is 1. The van der Waals surface area contributed by atoms with Gasteiger partial charge in [0.1, 0.15) is 5.82 Å². The molecule has 0 saturated carbocycles. The highest BCUT2D eigenvalue weighted by molar-refractivity contribution is 5.78. The number of pyridine rings is 1. The molecule has 0 N–H and O–H groups in total. The van der Waals surface area contributed by atoms with Gasteiger partial charge in [0, 0.05) is 44.4 Å². The summed E-state index contributed by atoms with van der Waals surface area (Å²) < 4.78 is 2.18. The standard InChI is InChI=1S/C17H22N4O/c1-14-19-7-9-20(14)12-16-5-3-8-21(13-16)17(22)10-15-4-2-6-18-11-15/h2,4,6-7,9,11,16H,3,5,8,10,12-13H2,1H3. The molecule has 0 aliphatic carbocycles. The van der Waals surface area contributed by atoms with Crippen molar-refractivity contribution < 1.29 is 4.79 Å². The second-order valence-corrected chi connectivity index (χ2v) is 6.01. The van der Waals surface area contributed by atoms with E-state index in [1.54, 1.807) is 12.4 Å². The van der Waals surface area contributed by atoms with Crippen LogP contribution in [0.25, 0.3) is 0 Å². The molecule has 1 unspecified atom stereocenters. The molecule has 2 aromatic rings. The van der Waals surface area contributed by atoms with E-state index >= 15 is 0 Å². The smallest absolute Gasteiger partial charge is 0.227 e. The van der Waals surface area contributed by atoms with Gasteiger partial charge >= 0.3 is 0 Å². The number of carbonyl (C=O) groups is 1. The average Bonchev–Trinajstić information content (AvgIpc) is 2.94. The molecule has 5 nitrogen and oxygen atoms in total. The first-order valence-corrected chi connectivity index (χ1v) is 7.87. The van der Waals surface area contributed by atoms with Crippen molar-refractivity contribution in [1.29, 1.82) is 0 Å². The van der Waals surface area contributed by atoms with Crippen molar-refractivity contribution in [1.82, 2.24) is 19.4 Å². The zero-order valence-corrected chi connectivity index (χ0v) is 13.0. The molecular formula is C17H22N4O. The molecule has 3 rings (SSSR count). The summed E-state index contributed by atoms with van der Waals surface area (Å²) >= 11 is 0. The van der Waals surface area contributed by atoms with Crippen LogP contribution in [0.2, 0.25) is 0 Å². The Hall–Kier alpha value is -2.17. The highest BCUT2D eigenvalue weighted by Crippen LogP contribution is 2.19. The Bertz CT molecular complexity index is 623. The molecule has 0 spiro atoms. The van der Waals surface area contributed by atoms with Gasteiger partial charge in [-0.25, -0.2) is 4.98 Å². The van der Waals surface area contributed by atoms with Crippen molar-refractivity contribution in [3.05, 3.63) is 48.3 Å². The van der Waals surface area contributed by atoms with Crippen LogP contribution in [-0.4, -0.2) is 38.4 Å². The Kier molecular flexibility index (Phi) is 4.51. The van der Waals surface area contributed by atoms with Crippen molar-refractivity contribution in [2.75, 3.05) is 13.1 Å². The molecule has 5 heteroatoms. The molecule has 1 fully saturated rings. The summed E-state index contributed by atoms with van der Waals surface area (Å²) in [6.45, 7) is 4.69. The summed E-state index contributed by atoms with van der Waals surface area (Å²) in [5.41, 5.74) is 0.986. The molecule has 1 saturated heterocycles. The van der Waals surface area contributed by atoms with Gasteiger partial charge in [0.15, 0.2) is 0 Å². The highest BCUT2D eigenvalue weighted by atomic mass is 16.2. The Labute approximate surface area is 131 Å². The minimum Gasteiger partial charge on any atom is -0.342 e. The maximum Gasteiger partial charge on any atom is 0.227 e. The van der Waals surface area contributed by atoms with Crippen molar-refractivity contribution in [3.63, 3.8) is 0 Å². The van der Waals surface area contributed by atoms with E-state index in [9.17, 15) is 4.79 Å². The molecule has 0 aromatic carbocycles. The van der Waals surface area contributed by atoms with Gasteiger partial charge in [-0.3, -0.25) is 9.78 Å².